The highest BCUT2D eigenvalue weighted by Crippen LogP contribution is 2.23. The largest absolute Gasteiger partial charge is 0.321 e. The molecule has 0 saturated carbocycles. The molecule has 0 spiro atoms. The molecule has 1 aliphatic heterocycles. The van der Waals surface area contributed by atoms with Crippen molar-refractivity contribution in [3.05, 3.63) is 53.9 Å². The number of amides is 1. The molecule has 0 bridgehead atoms. The Labute approximate surface area is 154 Å². The molecule has 2 aromatic rings. The van der Waals surface area contributed by atoms with Gasteiger partial charge >= 0.3 is 0 Å². The topological polar surface area (TPSA) is 70.4 Å². The van der Waals surface area contributed by atoms with Crippen LogP contribution in [0.15, 0.2) is 47.5 Å². The van der Waals surface area contributed by atoms with Crippen molar-refractivity contribution in [2.45, 2.75) is 38.1 Å². The molecule has 1 aromatic heterocycles. The summed E-state index contributed by atoms with van der Waals surface area (Å²) in [5.74, 6) is -0.195. The van der Waals surface area contributed by atoms with Gasteiger partial charge in [-0.25, -0.2) is 8.42 Å². The number of benzene rings is 1. The Morgan fingerprint density at radius 3 is 2.62 bits per heavy atom. The SMILES string of the molecule is Cc1ccc[n+](CC(=O)Nc2cccc(S(=O)(=O)N3CCCC3)c2)c1C. The van der Waals surface area contributed by atoms with Gasteiger partial charge in [0.15, 0.2) is 11.9 Å². The molecule has 138 valence electrons. The Morgan fingerprint density at radius 1 is 1.15 bits per heavy atom. The number of rotatable bonds is 5. The van der Waals surface area contributed by atoms with Crippen LogP contribution in [0.3, 0.4) is 0 Å². The number of anilines is 1. The first kappa shape index (κ1) is 18.5. The van der Waals surface area contributed by atoms with Crippen molar-refractivity contribution in [1.82, 2.24) is 4.31 Å². The third-order valence-corrected chi connectivity index (χ3v) is 6.64. The van der Waals surface area contributed by atoms with E-state index in [4.69, 9.17) is 0 Å². The minimum Gasteiger partial charge on any atom is -0.321 e. The maximum absolute atomic E-state index is 12.7. The van der Waals surface area contributed by atoms with Crippen LogP contribution in [-0.2, 0) is 21.4 Å². The number of hydrogen-bond acceptors (Lipinski definition) is 3. The number of pyridine rings is 1. The van der Waals surface area contributed by atoms with E-state index < -0.39 is 10.0 Å². The number of aromatic nitrogens is 1. The van der Waals surface area contributed by atoms with Gasteiger partial charge < -0.3 is 5.32 Å². The molecular formula is C19H24N3O3S+. The highest BCUT2D eigenvalue weighted by Gasteiger charge is 2.27. The smallest absolute Gasteiger partial charge is 0.290 e. The highest BCUT2D eigenvalue weighted by molar-refractivity contribution is 7.89. The minimum atomic E-state index is -3.49. The molecule has 6 nitrogen and oxygen atoms in total. The van der Waals surface area contributed by atoms with Crippen LogP contribution in [0.1, 0.15) is 24.1 Å². The van der Waals surface area contributed by atoms with Crippen molar-refractivity contribution < 1.29 is 17.8 Å². The van der Waals surface area contributed by atoms with E-state index in [1.165, 1.54) is 10.4 Å². The summed E-state index contributed by atoms with van der Waals surface area (Å²) in [6.45, 7) is 5.25. The lowest BCUT2D eigenvalue weighted by molar-refractivity contribution is -0.690. The maximum Gasteiger partial charge on any atom is 0.290 e. The molecule has 7 heteroatoms. The van der Waals surface area contributed by atoms with Crippen LogP contribution in [0, 0.1) is 13.8 Å². The van der Waals surface area contributed by atoms with Gasteiger partial charge in [0.2, 0.25) is 16.6 Å². The monoisotopic (exact) mass is 374 g/mol. The number of nitrogens with one attached hydrogen (secondary N) is 1. The molecule has 0 radical (unpaired) electrons. The van der Waals surface area contributed by atoms with Crippen molar-refractivity contribution in [2.75, 3.05) is 18.4 Å². The van der Waals surface area contributed by atoms with Gasteiger partial charge in [0, 0.05) is 37.3 Å². The van der Waals surface area contributed by atoms with Gasteiger partial charge in [-0.3, -0.25) is 4.79 Å². The Bertz CT molecular complexity index is 919. The third kappa shape index (κ3) is 3.94. The minimum absolute atomic E-state index is 0.177. The molecule has 1 N–H and O–H groups in total. The summed E-state index contributed by atoms with van der Waals surface area (Å²) in [5.41, 5.74) is 2.62. The van der Waals surface area contributed by atoms with E-state index in [0.29, 0.717) is 18.8 Å². The van der Waals surface area contributed by atoms with Crippen LogP contribution >= 0.6 is 0 Å². The first-order valence-electron chi connectivity index (χ1n) is 8.73. The average molecular weight is 374 g/mol. The van der Waals surface area contributed by atoms with Crippen molar-refractivity contribution in [2.24, 2.45) is 0 Å². The average Bonchev–Trinajstić information content (AvgIpc) is 3.15. The normalized spacial score (nSPS) is 15.2. The van der Waals surface area contributed by atoms with Crippen LogP contribution in [0.25, 0.3) is 0 Å². The van der Waals surface area contributed by atoms with Crippen LogP contribution in [0.2, 0.25) is 0 Å². The second-order valence-electron chi connectivity index (χ2n) is 6.59. The molecule has 1 aromatic carbocycles. The van der Waals surface area contributed by atoms with Crippen LogP contribution in [0.4, 0.5) is 5.69 Å². The van der Waals surface area contributed by atoms with E-state index in [-0.39, 0.29) is 17.3 Å². The van der Waals surface area contributed by atoms with Gasteiger partial charge in [-0.05, 0) is 44.0 Å². The molecule has 0 atom stereocenters. The van der Waals surface area contributed by atoms with Crippen molar-refractivity contribution in [1.29, 1.82) is 0 Å². The summed E-state index contributed by atoms with van der Waals surface area (Å²) in [6, 6.07) is 10.4. The van der Waals surface area contributed by atoms with Crippen molar-refractivity contribution in [3.8, 4) is 0 Å². The number of carbonyl (C=O) groups is 1. The fraction of sp³-hybridized carbons (Fsp3) is 0.368. The lowest BCUT2D eigenvalue weighted by Gasteiger charge is -2.16. The number of nitrogens with zero attached hydrogens (tertiary/aromatic N) is 2. The van der Waals surface area contributed by atoms with E-state index in [1.807, 2.05) is 36.7 Å². The van der Waals surface area contributed by atoms with E-state index in [2.05, 4.69) is 5.32 Å². The Balaban J connectivity index is 1.74. The van der Waals surface area contributed by atoms with Crippen LogP contribution in [0.5, 0.6) is 0 Å². The maximum atomic E-state index is 12.7. The number of aryl methyl sites for hydroxylation is 1. The van der Waals surface area contributed by atoms with E-state index in [9.17, 15) is 13.2 Å². The van der Waals surface area contributed by atoms with Crippen molar-refractivity contribution >= 4 is 21.6 Å². The Hall–Kier alpha value is -2.25. The van der Waals surface area contributed by atoms with Crippen molar-refractivity contribution in [3.63, 3.8) is 0 Å². The highest BCUT2D eigenvalue weighted by atomic mass is 32.2. The molecule has 0 aliphatic carbocycles. The number of sulfonamides is 1. The van der Waals surface area contributed by atoms with Gasteiger partial charge in [-0.1, -0.05) is 6.07 Å². The van der Waals surface area contributed by atoms with Crippen LogP contribution in [-0.4, -0.2) is 31.7 Å². The predicted octanol–water partition coefficient (Wildman–Crippen LogP) is 2.01. The molecule has 2 heterocycles. The number of hydrogen-bond donors (Lipinski definition) is 1. The zero-order chi connectivity index (χ0) is 18.7. The molecule has 1 saturated heterocycles. The first-order chi connectivity index (χ1) is 12.4. The predicted molar refractivity (Wildman–Crippen MR) is 99.2 cm³/mol. The molecule has 1 aliphatic rings. The third-order valence-electron chi connectivity index (χ3n) is 4.75. The first-order valence-corrected chi connectivity index (χ1v) is 10.2. The van der Waals surface area contributed by atoms with Crippen LogP contribution < -0.4 is 9.88 Å². The fourth-order valence-corrected chi connectivity index (χ4v) is 4.65. The summed E-state index contributed by atoms with van der Waals surface area (Å²) < 4.78 is 28.7. The zero-order valence-corrected chi connectivity index (χ0v) is 15.9. The quantitative estimate of drug-likeness (QED) is 0.814. The second-order valence-corrected chi connectivity index (χ2v) is 8.53. The lowest BCUT2D eigenvalue weighted by Crippen LogP contribution is -2.43. The Kier molecular flexibility index (Phi) is 5.38. The van der Waals surface area contributed by atoms with Gasteiger partial charge in [-0.2, -0.15) is 8.87 Å². The summed E-state index contributed by atoms with van der Waals surface area (Å²) in [4.78, 5) is 12.6. The van der Waals surface area contributed by atoms with E-state index >= 15 is 0 Å². The molecule has 1 amide bonds. The molecule has 3 rings (SSSR count). The zero-order valence-electron chi connectivity index (χ0n) is 15.1. The van der Waals surface area contributed by atoms with E-state index in [1.54, 1.807) is 18.2 Å². The summed E-state index contributed by atoms with van der Waals surface area (Å²) in [5, 5.41) is 2.80. The summed E-state index contributed by atoms with van der Waals surface area (Å²) in [6.07, 6.45) is 3.64. The molecule has 26 heavy (non-hydrogen) atoms. The molecular weight excluding hydrogens is 350 g/mol. The molecule has 0 unspecified atom stereocenters. The Morgan fingerprint density at radius 2 is 1.88 bits per heavy atom. The standard InChI is InChI=1S/C19H23N3O3S/c1-15-7-6-10-21(16(15)2)14-19(23)20-17-8-5-9-18(13-17)26(24,25)22-11-3-4-12-22/h5-10,13H,3-4,11-12,14H2,1-2H3/p+1. The van der Waals surface area contributed by atoms with Gasteiger partial charge in [0.1, 0.15) is 0 Å². The van der Waals surface area contributed by atoms with E-state index in [0.717, 1.165) is 24.1 Å². The van der Waals surface area contributed by atoms with Gasteiger partial charge in [0.25, 0.3) is 5.91 Å². The van der Waals surface area contributed by atoms with Gasteiger partial charge in [-0.15, -0.1) is 0 Å². The summed E-state index contributed by atoms with van der Waals surface area (Å²) >= 11 is 0. The fourth-order valence-electron chi connectivity index (χ4n) is 3.09. The molecule has 1 fully saturated rings. The summed E-state index contributed by atoms with van der Waals surface area (Å²) in [7, 11) is -3.49. The van der Waals surface area contributed by atoms with Gasteiger partial charge in [0.05, 0.1) is 4.90 Å². The number of carbonyl (C=O) groups excluding carboxylic acids is 1. The lowest BCUT2D eigenvalue weighted by atomic mass is 10.2. The second kappa shape index (κ2) is 7.55.